The van der Waals surface area contributed by atoms with E-state index in [0.717, 1.165) is 5.22 Å². The van der Waals surface area contributed by atoms with Gasteiger partial charge in [-0.05, 0) is 35.6 Å². The Hall–Kier alpha value is -1.57. The summed E-state index contributed by atoms with van der Waals surface area (Å²) in [6.07, 6.45) is 3.27. The first kappa shape index (κ1) is 9.52. The standard InChI is InChI=1S/C11H11FO/c1-3-9-4-5-11(12)7-10(9)6-8(2)13/h3-7,13H,2H2,1H3/b9-3-,10-6-. The Morgan fingerprint density at radius 1 is 1.46 bits per heavy atom. The number of rotatable bonds is 1. The molecule has 0 saturated heterocycles. The van der Waals surface area contributed by atoms with E-state index < -0.39 is 0 Å². The molecule has 0 aliphatic carbocycles. The maximum absolute atomic E-state index is 12.8. The van der Waals surface area contributed by atoms with Crippen molar-refractivity contribution in [2.45, 2.75) is 6.92 Å². The molecule has 1 aromatic rings. The molecule has 13 heavy (non-hydrogen) atoms. The van der Waals surface area contributed by atoms with Crippen LogP contribution in [0.25, 0.3) is 12.2 Å². The summed E-state index contributed by atoms with van der Waals surface area (Å²) in [6.45, 7) is 5.17. The monoisotopic (exact) mass is 178 g/mol. The normalized spacial score (nSPS) is 13.4. The molecule has 1 nitrogen and oxygen atoms in total. The number of aliphatic hydroxyl groups is 1. The minimum atomic E-state index is -0.321. The summed E-state index contributed by atoms with van der Waals surface area (Å²) >= 11 is 0. The van der Waals surface area contributed by atoms with Crippen LogP contribution in [0.15, 0.2) is 30.5 Å². The second-order valence-electron chi connectivity index (χ2n) is 2.70. The van der Waals surface area contributed by atoms with Crippen molar-refractivity contribution in [1.82, 2.24) is 0 Å². The molecule has 0 radical (unpaired) electrons. The van der Waals surface area contributed by atoms with E-state index in [1.54, 1.807) is 6.07 Å². The van der Waals surface area contributed by atoms with E-state index in [-0.39, 0.29) is 11.6 Å². The van der Waals surface area contributed by atoms with Crippen molar-refractivity contribution in [1.29, 1.82) is 0 Å². The molecular formula is C11H11FO. The average molecular weight is 178 g/mol. The topological polar surface area (TPSA) is 20.2 Å². The predicted octanol–water partition coefficient (Wildman–Crippen LogP) is 1.48. The lowest BCUT2D eigenvalue weighted by Crippen LogP contribution is -2.24. The third-order valence-electron chi connectivity index (χ3n) is 1.68. The van der Waals surface area contributed by atoms with Crippen molar-refractivity contribution in [3.05, 3.63) is 46.8 Å². The molecule has 0 fully saturated rings. The number of benzene rings is 1. The number of hydrogen-bond donors (Lipinski definition) is 1. The first-order valence-corrected chi connectivity index (χ1v) is 3.95. The zero-order valence-corrected chi connectivity index (χ0v) is 7.42. The minimum Gasteiger partial charge on any atom is -0.509 e. The summed E-state index contributed by atoms with van der Waals surface area (Å²) in [5.74, 6) is -0.396. The van der Waals surface area contributed by atoms with Crippen molar-refractivity contribution in [3.63, 3.8) is 0 Å². The highest BCUT2D eigenvalue weighted by atomic mass is 19.1. The van der Waals surface area contributed by atoms with Gasteiger partial charge in [-0.1, -0.05) is 18.7 Å². The van der Waals surface area contributed by atoms with Gasteiger partial charge in [0.25, 0.3) is 0 Å². The summed E-state index contributed by atoms with van der Waals surface area (Å²) in [5, 5.41) is 10.4. The largest absolute Gasteiger partial charge is 0.509 e. The molecule has 1 rings (SSSR count). The Balaban J connectivity index is 3.51. The molecule has 0 spiro atoms. The summed E-state index contributed by atoms with van der Waals surface area (Å²) in [4.78, 5) is 0. The van der Waals surface area contributed by atoms with Gasteiger partial charge >= 0.3 is 0 Å². The molecule has 0 aliphatic heterocycles. The fourth-order valence-corrected chi connectivity index (χ4v) is 1.11. The molecule has 68 valence electrons. The lowest BCUT2D eigenvalue weighted by Gasteiger charge is -1.91. The van der Waals surface area contributed by atoms with Gasteiger partial charge in [0.05, 0.1) is 0 Å². The molecule has 0 bridgehead atoms. The van der Waals surface area contributed by atoms with E-state index >= 15 is 0 Å². The maximum Gasteiger partial charge on any atom is 0.123 e. The van der Waals surface area contributed by atoms with Gasteiger partial charge in [-0.2, -0.15) is 0 Å². The highest BCUT2D eigenvalue weighted by Gasteiger charge is 1.90. The van der Waals surface area contributed by atoms with Crippen LogP contribution in [0.4, 0.5) is 4.39 Å². The van der Waals surface area contributed by atoms with Gasteiger partial charge in [-0.25, -0.2) is 4.39 Å². The minimum absolute atomic E-state index is 0.0753. The van der Waals surface area contributed by atoms with Crippen LogP contribution in [0, 0.1) is 5.82 Å². The van der Waals surface area contributed by atoms with E-state index in [1.165, 1.54) is 18.2 Å². The smallest absolute Gasteiger partial charge is 0.123 e. The Bertz CT molecular complexity index is 432. The second-order valence-corrected chi connectivity index (χ2v) is 2.70. The van der Waals surface area contributed by atoms with Crippen molar-refractivity contribution in [2.24, 2.45) is 0 Å². The van der Waals surface area contributed by atoms with Crippen LogP contribution >= 0.6 is 0 Å². The molecule has 0 amide bonds. The molecule has 0 unspecified atom stereocenters. The first-order chi connectivity index (χ1) is 6.13. The fraction of sp³-hybridized carbons (Fsp3) is 0.0909. The van der Waals surface area contributed by atoms with Gasteiger partial charge < -0.3 is 5.11 Å². The van der Waals surface area contributed by atoms with E-state index in [2.05, 4.69) is 6.58 Å². The molecule has 0 aliphatic rings. The number of aliphatic hydroxyl groups excluding tert-OH is 1. The van der Waals surface area contributed by atoms with E-state index in [0.29, 0.717) is 5.22 Å². The molecule has 0 heterocycles. The Morgan fingerprint density at radius 2 is 2.15 bits per heavy atom. The zero-order chi connectivity index (χ0) is 9.84. The third kappa shape index (κ3) is 2.44. The van der Waals surface area contributed by atoms with E-state index in [1.807, 2.05) is 13.0 Å². The van der Waals surface area contributed by atoms with Crippen LogP contribution in [-0.2, 0) is 0 Å². The van der Waals surface area contributed by atoms with Gasteiger partial charge in [-0.3, -0.25) is 0 Å². The highest BCUT2D eigenvalue weighted by Crippen LogP contribution is 1.88. The predicted molar refractivity (Wildman–Crippen MR) is 52.0 cm³/mol. The zero-order valence-electron chi connectivity index (χ0n) is 7.42. The van der Waals surface area contributed by atoms with Crippen molar-refractivity contribution in [3.8, 4) is 0 Å². The number of halogens is 1. The second kappa shape index (κ2) is 3.90. The molecule has 0 saturated carbocycles. The molecule has 0 aromatic heterocycles. The van der Waals surface area contributed by atoms with Crippen LogP contribution in [0.3, 0.4) is 0 Å². The van der Waals surface area contributed by atoms with Gasteiger partial charge in [0.15, 0.2) is 0 Å². The fourth-order valence-electron chi connectivity index (χ4n) is 1.11. The van der Waals surface area contributed by atoms with Crippen LogP contribution in [0.5, 0.6) is 0 Å². The van der Waals surface area contributed by atoms with Gasteiger partial charge in [0.1, 0.15) is 11.6 Å². The summed E-state index contributed by atoms with van der Waals surface area (Å²) in [6, 6.07) is 4.40. The van der Waals surface area contributed by atoms with Gasteiger partial charge in [-0.15, -0.1) is 0 Å². The average Bonchev–Trinajstić information content (AvgIpc) is 2.03. The van der Waals surface area contributed by atoms with Crippen LogP contribution < -0.4 is 10.4 Å². The molecule has 1 N–H and O–H groups in total. The lowest BCUT2D eigenvalue weighted by molar-refractivity contribution is 0.444. The number of allylic oxidation sites excluding steroid dienone is 1. The summed E-state index contributed by atoms with van der Waals surface area (Å²) < 4.78 is 12.8. The van der Waals surface area contributed by atoms with E-state index in [9.17, 15) is 4.39 Å². The molecule has 0 atom stereocenters. The van der Waals surface area contributed by atoms with Crippen molar-refractivity contribution < 1.29 is 9.50 Å². The Kier molecular flexibility index (Phi) is 2.85. The Labute approximate surface area is 76.1 Å². The van der Waals surface area contributed by atoms with Gasteiger partial charge in [0.2, 0.25) is 0 Å². The summed E-state index contributed by atoms with van der Waals surface area (Å²) in [7, 11) is 0. The third-order valence-corrected chi connectivity index (χ3v) is 1.68. The Morgan fingerprint density at radius 3 is 2.69 bits per heavy atom. The quantitative estimate of drug-likeness (QED) is 0.646. The van der Waals surface area contributed by atoms with Gasteiger partial charge in [0, 0.05) is 0 Å². The van der Waals surface area contributed by atoms with E-state index in [4.69, 9.17) is 5.11 Å². The molecular weight excluding hydrogens is 167 g/mol. The van der Waals surface area contributed by atoms with Crippen LogP contribution in [-0.4, -0.2) is 5.11 Å². The maximum atomic E-state index is 12.8. The lowest BCUT2D eigenvalue weighted by atomic mass is 10.2. The SMILES string of the molecule is C=C(O)/C=c1/cc(F)cc/c1=C/C. The van der Waals surface area contributed by atoms with Crippen molar-refractivity contribution in [2.75, 3.05) is 0 Å². The molecule has 2 heteroatoms. The van der Waals surface area contributed by atoms with Crippen molar-refractivity contribution >= 4 is 12.2 Å². The summed E-state index contributed by atoms with van der Waals surface area (Å²) in [5.41, 5.74) is 0. The first-order valence-electron chi connectivity index (χ1n) is 3.95. The van der Waals surface area contributed by atoms with Crippen LogP contribution in [0.1, 0.15) is 6.92 Å². The highest BCUT2D eigenvalue weighted by molar-refractivity contribution is 5.41. The molecule has 1 aromatic carbocycles. The number of hydrogen-bond acceptors (Lipinski definition) is 1. The van der Waals surface area contributed by atoms with Crippen LogP contribution in [0.2, 0.25) is 0 Å².